The second kappa shape index (κ2) is 11.9. The van der Waals surface area contributed by atoms with Gasteiger partial charge in [-0.15, -0.1) is 10.2 Å². The molecule has 0 aliphatic heterocycles. The van der Waals surface area contributed by atoms with Gasteiger partial charge in [0.05, 0.1) is 12.0 Å². The number of benzene rings is 2. The van der Waals surface area contributed by atoms with Crippen LogP contribution in [0.15, 0.2) is 74.0 Å². The van der Waals surface area contributed by atoms with E-state index >= 15 is 0 Å². The first-order valence-corrected chi connectivity index (χ1v) is 12.1. The third-order valence-corrected chi connectivity index (χ3v) is 7.15. The highest BCUT2D eigenvalue weighted by Crippen LogP contribution is 2.30. The number of nitrogens with one attached hydrogen (secondary N) is 1. The number of aromatic nitrogens is 2. The normalized spacial score (nSPS) is 11.7. The lowest BCUT2D eigenvalue weighted by Gasteiger charge is -1.98. The molecule has 1 heterocycles. The van der Waals surface area contributed by atoms with Gasteiger partial charge in [-0.1, -0.05) is 95.0 Å². The van der Waals surface area contributed by atoms with Crippen molar-refractivity contribution in [3.05, 3.63) is 76.3 Å². The Hall–Kier alpha value is -2.13. The Morgan fingerprint density at radius 2 is 1.80 bits per heavy atom. The number of halogens is 1. The number of allylic oxidation sites excluding steroid dienone is 1. The summed E-state index contributed by atoms with van der Waals surface area (Å²) in [5, 5.41) is 13.0. The topological polar surface area (TPSA) is 67.2 Å². The van der Waals surface area contributed by atoms with E-state index in [9.17, 15) is 4.79 Å². The van der Waals surface area contributed by atoms with Crippen molar-refractivity contribution in [2.24, 2.45) is 5.10 Å². The van der Waals surface area contributed by atoms with Crippen molar-refractivity contribution in [3.63, 3.8) is 0 Å². The van der Waals surface area contributed by atoms with Gasteiger partial charge in [-0.05, 0) is 35.8 Å². The van der Waals surface area contributed by atoms with Gasteiger partial charge in [-0.25, -0.2) is 5.43 Å². The number of carbonyl (C=O) groups is 1. The van der Waals surface area contributed by atoms with Crippen LogP contribution in [0.25, 0.3) is 6.08 Å². The summed E-state index contributed by atoms with van der Waals surface area (Å²) in [4.78, 5) is 12.0. The van der Waals surface area contributed by atoms with Gasteiger partial charge >= 0.3 is 0 Å². The van der Waals surface area contributed by atoms with Crippen molar-refractivity contribution >= 4 is 64.7 Å². The molecule has 0 saturated carbocycles. The molecule has 5 nitrogen and oxygen atoms in total. The molecule has 1 N–H and O–H groups in total. The average molecular weight is 475 g/mol. The van der Waals surface area contributed by atoms with Crippen LogP contribution in [0.5, 0.6) is 0 Å². The van der Waals surface area contributed by atoms with E-state index in [0.29, 0.717) is 0 Å². The molecule has 0 bridgehead atoms. The van der Waals surface area contributed by atoms with Crippen LogP contribution in [0, 0.1) is 0 Å². The van der Waals surface area contributed by atoms with Crippen molar-refractivity contribution in [3.8, 4) is 0 Å². The molecular formula is C21H19ClN4OS3. The Morgan fingerprint density at radius 3 is 2.53 bits per heavy atom. The molecule has 2 aromatic carbocycles. The van der Waals surface area contributed by atoms with Gasteiger partial charge in [-0.3, -0.25) is 4.79 Å². The summed E-state index contributed by atoms with van der Waals surface area (Å²) in [6, 6.07) is 17.7. The van der Waals surface area contributed by atoms with Crippen molar-refractivity contribution in [1.82, 2.24) is 15.6 Å². The zero-order valence-corrected chi connectivity index (χ0v) is 19.3. The van der Waals surface area contributed by atoms with E-state index in [-0.39, 0.29) is 11.7 Å². The van der Waals surface area contributed by atoms with Crippen molar-refractivity contribution in [2.75, 3.05) is 5.75 Å². The molecular weight excluding hydrogens is 456 g/mol. The molecule has 3 aromatic rings. The molecule has 30 heavy (non-hydrogen) atoms. The van der Waals surface area contributed by atoms with E-state index in [1.807, 2.05) is 67.6 Å². The lowest BCUT2D eigenvalue weighted by molar-refractivity contribution is -0.118. The second-order valence-electron chi connectivity index (χ2n) is 6.13. The summed E-state index contributed by atoms with van der Waals surface area (Å²) in [5.41, 5.74) is 5.74. The summed E-state index contributed by atoms with van der Waals surface area (Å²) >= 11 is 10.3. The van der Waals surface area contributed by atoms with Gasteiger partial charge in [-0.2, -0.15) is 5.10 Å². The van der Waals surface area contributed by atoms with Crippen molar-refractivity contribution < 1.29 is 4.79 Å². The predicted octanol–water partition coefficient (Wildman–Crippen LogP) is 5.78. The summed E-state index contributed by atoms with van der Waals surface area (Å²) in [6.45, 7) is 1.93. The number of rotatable bonds is 9. The van der Waals surface area contributed by atoms with E-state index in [0.717, 1.165) is 30.6 Å². The predicted molar refractivity (Wildman–Crippen MR) is 128 cm³/mol. The van der Waals surface area contributed by atoms with Crippen LogP contribution in [0.1, 0.15) is 18.1 Å². The minimum Gasteiger partial charge on any atom is -0.272 e. The van der Waals surface area contributed by atoms with Gasteiger partial charge in [0.15, 0.2) is 8.68 Å². The molecule has 1 amide bonds. The zero-order chi connectivity index (χ0) is 21.2. The van der Waals surface area contributed by atoms with Crippen molar-refractivity contribution in [2.45, 2.75) is 21.4 Å². The molecule has 0 saturated heterocycles. The van der Waals surface area contributed by atoms with Gasteiger partial charge < -0.3 is 0 Å². The van der Waals surface area contributed by atoms with Crippen LogP contribution in [-0.2, 0) is 10.5 Å². The van der Waals surface area contributed by atoms with Gasteiger partial charge in [0, 0.05) is 10.8 Å². The molecule has 0 unspecified atom stereocenters. The molecule has 3 rings (SSSR count). The monoisotopic (exact) mass is 474 g/mol. The number of thioether (sulfide) groups is 2. The minimum absolute atomic E-state index is 0.186. The van der Waals surface area contributed by atoms with Gasteiger partial charge in [0.1, 0.15) is 0 Å². The van der Waals surface area contributed by atoms with Crippen LogP contribution in [0.3, 0.4) is 0 Å². The maximum Gasteiger partial charge on any atom is 0.250 e. The Labute approximate surface area is 193 Å². The fraction of sp³-hybridized carbons (Fsp3) is 0.143. The first kappa shape index (κ1) is 22.6. The SMILES string of the molecule is CC(/C=N/NC(=O)CSc1nnc(SCc2ccc(Cl)cc2)s1)=C\c1ccccc1. The van der Waals surface area contributed by atoms with E-state index in [4.69, 9.17) is 11.6 Å². The number of carbonyl (C=O) groups excluding carboxylic acids is 1. The fourth-order valence-corrected chi connectivity index (χ4v) is 5.15. The highest BCUT2D eigenvalue weighted by atomic mass is 35.5. The smallest absolute Gasteiger partial charge is 0.250 e. The third kappa shape index (κ3) is 7.95. The molecule has 0 aliphatic rings. The number of hydrazone groups is 1. The maximum absolute atomic E-state index is 12.0. The number of hydrogen-bond donors (Lipinski definition) is 1. The van der Waals surface area contributed by atoms with Crippen LogP contribution in [0.4, 0.5) is 0 Å². The van der Waals surface area contributed by atoms with Gasteiger partial charge in [0.2, 0.25) is 0 Å². The lowest BCUT2D eigenvalue weighted by Crippen LogP contribution is -2.19. The molecule has 0 spiro atoms. The summed E-state index contributed by atoms with van der Waals surface area (Å²) < 4.78 is 1.63. The zero-order valence-electron chi connectivity index (χ0n) is 16.1. The molecule has 9 heteroatoms. The summed E-state index contributed by atoms with van der Waals surface area (Å²) in [6.07, 6.45) is 3.63. The van der Waals surface area contributed by atoms with Crippen molar-refractivity contribution in [1.29, 1.82) is 0 Å². The standard InChI is InChI=1S/C21H19ClN4OS3/c1-15(11-16-5-3-2-4-6-16)12-23-24-19(27)14-29-21-26-25-20(30-21)28-13-17-7-9-18(22)10-8-17/h2-12H,13-14H2,1H3,(H,24,27)/b15-11+,23-12+. The largest absolute Gasteiger partial charge is 0.272 e. The van der Waals surface area contributed by atoms with E-state index in [1.165, 1.54) is 28.7 Å². The Balaban J connectivity index is 1.39. The highest BCUT2D eigenvalue weighted by molar-refractivity contribution is 8.03. The highest BCUT2D eigenvalue weighted by Gasteiger charge is 2.08. The molecule has 0 radical (unpaired) electrons. The quantitative estimate of drug-likeness (QED) is 0.242. The molecule has 0 aliphatic carbocycles. The van der Waals surface area contributed by atoms with Crippen LogP contribution in [0.2, 0.25) is 5.02 Å². The van der Waals surface area contributed by atoms with E-state index in [2.05, 4.69) is 20.7 Å². The first-order chi connectivity index (χ1) is 14.6. The van der Waals surface area contributed by atoms with E-state index in [1.54, 1.807) is 18.0 Å². The Kier molecular flexibility index (Phi) is 8.95. The number of nitrogens with zero attached hydrogens (tertiary/aromatic N) is 3. The second-order valence-corrected chi connectivity index (χ2v) is 9.99. The fourth-order valence-electron chi connectivity index (χ4n) is 2.25. The first-order valence-electron chi connectivity index (χ1n) is 8.97. The molecule has 0 fully saturated rings. The minimum atomic E-state index is -0.186. The number of amides is 1. The van der Waals surface area contributed by atoms with Crippen LogP contribution >= 0.6 is 46.5 Å². The lowest BCUT2D eigenvalue weighted by atomic mass is 10.1. The molecule has 154 valence electrons. The summed E-state index contributed by atoms with van der Waals surface area (Å²) in [5.74, 6) is 0.839. The van der Waals surface area contributed by atoms with Crippen LogP contribution in [-0.4, -0.2) is 28.1 Å². The third-order valence-electron chi connectivity index (χ3n) is 3.64. The van der Waals surface area contributed by atoms with Crippen LogP contribution < -0.4 is 5.43 Å². The van der Waals surface area contributed by atoms with Gasteiger partial charge in [0.25, 0.3) is 5.91 Å². The Bertz CT molecular complexity index is 1020. The maximum atomic E-state index is 12.0. The molecule has 1 aromatic heterocycles. The Morgan fingerprint density at radius 1 is 1.10 bits per heavy atom. The summed E-state index contributed by atoms with van der Waals surface area (Å²) in [7, 11) is 0. The van der Waals surface area contributed by atoms with E-state index < -0.39 is 0 Å². The average Bonchev–Trinajstić information content (AvgIpc) is 3.20. The number of hydrogen-bond acceptors (Lipinski definition) is 7. The molecule has 0 atom stereocenters.